The second-order valence-electron chi connectivity index (χ2n) is 5.14. The van der Waals surface area contributed by atoms with Gasteiger partial charge in [-0.2, -0.15) is 5.10 Å². The van der Waals surface area contributed by atoms with E-state index in [0.29, 0.717) is 24.7 Å². The first-order chi connectivity index (χ1) is 9.08. The van der Waals surface area contributed by atoms with Gasteiger partial charge in [0.2, 0.25) is 5.91 Å². The lowest BCUT2D eigenvalue weighted by Gasteiger charge is -2.14. The topological polar surface area (TPSA) is 83.8 Å². The minimum Gasteiger partial charge on any atom is -0.330 e. The lowest BCUT2D eigenvalue weighted by molar-refractivity contribution is -0.116. The Morgan fingerprint density at radius 2 is 2.11 bits per heavy atom. The number of anilines is 1. The lowest BCUT2D eigenvalue weighted by atomic mass is 9.94. The highest BCUT2D eigenvalue weighted by Crippen LogP contribution is 2.18. The summed E-state index contributed by atoms with van der Waals surface area (Å²) in [6, 6.07) is 0. The molecule has 1 heterocycles. The maximum absolute atomic E-state index is 11.9. The van der Waals surface area contributed by atoms with Crippen molar-refractivity contribution in [2.24, 2.45) is 11.7 Å². The number of rotatable bonds is 8. The van der Waals surface area contributed by atoms with Crippen LogP contribution in [0.3, 0.4) is 0 Å². The molecule has 0 radical (unpaired) electrons. The average Bonchev–Trinajstić information content (AvgIpc) is 2.68. The Labute approximate surface area is 115 Å². The second-order valence-corrected chi connectivity index (χ2v) is 5.14. The summed E-state index contributed by atoms with van der Waals surface area (Å²) in [7, 11) is 0. The Morgan fingerprint density at radius 3 is 2.63 bits per heavy atom. The Balaban J connectivity index is 2.40. The van der Waals surface area contributed by atoms with Gasteiger partial charge in [0.15, 0.2) is 5.82 Å². The fraction of sp³-hybridized carbons (Fsp3) is 0.714. The molecule has 0 bridgehead atoms. The molecule has 1 aromatic rings. The second kappa shape index (κ2) is 7.94. The highest BCUT2D eigenvalue weighted by atomic mass is 16.1. The van der Waals surface area contributed by atoms with Gasteiger partial charge >= 0.3 is 0 Å². The van der Waals surface area contributed by atoms with Crippen molar-refractivity contribution in [3.8, 4) is 0 Å². The number of carbonyl (C=O) groups excluding carboxylic acids is 1. The summed E-state index contributed by atoms with van der Waals surface area (Å²) >= 11 is 0. The van der Waals surface area contributed by atoms with Gasteiger partial charge in [-0.15, -0.1) is 0 Å². The molecule has 1 atom stereocenters. The SMILES string of the molecule is CCCC(CCN)CCC(=O)Nc1n[nH]c(C)c1C. The molecule has 1 amide bonds. The number of carbonyl (C=O) groups is 1. The van der Waals surface area contributed by atoms with E-state index in [1.165, 1.54) is 0 Å². The van der Waals surface area contributed by atoms with Crippen molar-refractivity contribution in [1.82, 2.24) is 10.2 Å². The summed E-state index contributed by atoms with van der Waals surface area (Å²) in [5.41, 5.74) is 7.59. The predicted octanol–water partition coefficient (Wildman–Crippen LogP) is 2.51. The minimum atomic E-state index is 0.0349. The predicted molar refractivity (Wildman–Crippen MR) is 78.0 cm³/mol. The Hall–Kier alpha value is -1.36. The summed E-state index contributed by atoms with van der Waals surface area (Å²) in [6.45, 7) is 6.75. The molecule has 0 aliphatic carbocycles. The molecule has 0 saturated carbocycles. The fourth-order valence-electron chi connectivity index (χ4n) is 2.21. The van der Waals surface area contributed by atoms with Crippen LogP contribution in [-0.4, -0.2) is 22.6 Å². The van der Waals surface area contributed by atoms with Gasteiger partial charge in [0.25, 0.3) is 0 Å². The zero-order chi connectivity index (χ0) is 14.3. The smallest absolute Gasteiger partial charge is 0.225 e. The van der Waals surface area contributed by atoms with E-state index in [1.54, 1.807) is 0 Å². The summed E-state index contributed by atoms with van der Waals surface area (Å²) in [6.07, 6.45) is 4.73. The van der Waals surface area contributed by atoms with Gasteiger partial charge in [0, 0.05) is 17.7 Å². The summed E-state index contributed by atoms with van der Waals surface area (Å²) in [4.78, 5) is 11.9. The largest absolute Gasteiger partial charge is 0.330 e. The van der Waals surface area contributed by atoms with Crippen molar-refractivity contribution in [3.05, 3.63) is 11.3 Å². The zero-order valence-corrected chi connectivity index (χ0v) is 12.3. The van der Waals surface area contributed by atoms with Gasteiger partial charge in [-0.3, -0.25) is 9.89 Å². The summed E-state index contributed by atoms with van der Waals surface area (Å²) < 4.78 is 0. The van der Waals surface area contributed by atoms with Crippen LogP contribution in [0.5, 0.6) is 0 Å². The van der Waals surface area contributed by atoms with Gasteiger partial charge in [0.05, 0.1) is 0 Å². The fourth-order valence-corrected chi connectivity index (χ4v) is 2.21. The van der Waals surface area contributed by atoms with Crippen molar-refractivity contribution in [2.45, 2.75) is 52.9 Å². The number of aryl methyl sites for hydroxylation is 1. The number of H-pyrrole nitrogens is 1. The third-order valence-corrected chi connectivity index (χ3v) is 3.56. The zero-order valence-electron chi connectivity index (χ0n) is 12.3. The van der Waals surface area contributed by atoms with Gasteiger partial charge in [0.1, 0.15) is 0 Å². The quantitative estimate of drug-likeness (QED) is 0.676. The van der Waals surface area contributed by atoms with Crippen molar-refractivity contribution in [3.63, 3.8) is 0 Å². The van der Waals surface area contributed by atoms with Crippen LogP contribution in [0, 0.1) is 19.8 Å². The molecule has 0 saturated heterocycles. The van der Waals surface area contributed by atoms with Crippen molar-refractivity contribution >= 4 is 11.7 Å². The Kier molecular flexibility index (Phi) is 6.56. The molecule has 108 valence electrons. The minimum absolute atomic E-state index is 0.0349. The maximum Gasteiger partial charge on any atom is 0.225 e. The van der Waals surface area contributed by atoms with Gasteiger partial charge < -0.3 is 11.1 Å². The molecule has 0 aliphatic heterocycles. The van der Waals surface area contributed by atoms with Crippen molar-refractivity contribution in [1.29, 1.82) is 0 Å². The first-order valence-electron chi connectivity index (χ1n) is 7.09. The van der Waals surface area contributed by atoms with Crippen molar-refractivity contribution < 1.29 is 4.79 Å². The number of aromatic nitrogens is 2. The van der Waals surface area contributed by atoms with Crippen LogP contribution in [0.2, 0.25) is 0 Å². The molecule has 1 rings (SSSR count). The van der Waals surface area contributed by atoms with Crippen LogP contribution in [0.15, 0.2) is 0 Å². The van der Waals surface area contributed by atoms with Crippen LogP contribution in [0.4, 0.5) is 5.82 Å². The molecule has 5 heteroatoms. The maximum atomic E-state index is 11.9. The monoisotopic (exact) mass is 266 g/mol. The highest BCUT2D eigenvalue weighted by molar-refractivity contribution is 5.90. The van der Waals surface area contributed by atoms with Gasteiger partial charge in [-0.1, -0.05) is 19.8 Å². The first kappa shape index (κ1) is 15.7. The van der Waals surface area contributed by atoms with E-state index in [0.717, 1.165) is 36.9 Å². The van der Waals surface area contributed by atoms with Gasteiger partial charge in [-0.05, 0) is 39.2 Å². The molecule has 1 aromatic heterocycles. The van der Waals surface area contributed by atoms with E-state index in [4.69, 9.17) is 5.73 Å². The molecule has 0 aliphatic rings. The van der Waals surface area contributed by atoms with E-state index in [2.05, 4.69) is 22.4 Å². The van der Waals surface area contributed by atoms with E-state index in [1.807, 2.05) is 13.8 Å². The standard InChI is InChI=1S/C14H26N4O/c1-4-5-12(8-9-15)6-7-13(19)16-14-10(2)11(3)17-18-14/h12H,4-9,15H2,1-3H3,(H2,16,17,18,19). The molecule has 19 heavy (non-hydrogen) atoms. The Morgan fingerprint density at radius 1 is 1.37 bits per heavy atom. The molecule has 0 spiro atoms. The highest BCUT2D eigenvalue weighted by Gasteiger charge is 2.12. The normalized spacial score (nSPS) is 12.4. The third kappa shape index (κ3) is 5.03. The lowest BCUT2D eigenvalue weighted by Crippen LogP contribution is -2.16. The van der Waals surface area contributed by atoms with Crippen molar-refractivity contribution in [2.75, 3.05) is 11.9 Å². The molecule has 0 aromatic carbocycles. The number of nitrogens with zero attached hydrogens (tertiary/aromatic N) is 1. The van der Waals surface area contributed by atoms with Crippen LogP contribution in [-0.2, 0) is 4.79 Å². The number of nitrogens with two attached hydrogens (primary N) is 1. The molecular weight excluding hydrogens is 240 g/mol. The Bertz CT molecular complexity index is 394. The van der Waals surface area contributed by atoms with E-state index >= 15 is 0 Å². The first-order valence-corrected chi connectivity index (χ1v) is 7.09. The van der Waals surface area contributed by atoms with Gasteiger partial charge in [-0.25, -0.2) is 0 Å². The van der Waals surface area contributed by atoms with E-state index in [9.17, 15) is 4.79 Å². The van der Waals surface area contributed by atoms with Crippen LogP contribution in [0.25, 0.3) is 0 Å². The molecule has 5 nitrogen and oxygen atoms in total. The molecular formula is C14H26N4O. The average molecular weight is 266 g/mol. The number of hydrogen-bond acceptors (Lipinski definition) is 3. The molecule has 0 fully saturated rings. The summed E-state index contributed by atoms with van der Waals surface area (Å²) in [5.74, 6) is 1.24. The third-order valence-electron chi connectivity index (χ3n) is 3.56. The number of nitrogens with one attached hydrogen (secondary N) is 2. The summed E-state index contributed by atoms with van der Waals surface area (Å²) in [5, 5.41) is 9.80. The molecule has 4 N–H and O–H groups in total. The van der Waals surface area contributed by atoms with Crippen LogP contribution in [0.1, 0.15) is 50.3 Å². The van der Waals surface area contributed by atoms with E-state index in [-0.39, 0.29) is 5.91 Å². The number of amides is 1. The van der Waals surface area contributed by atoms with Crippen LogP contribution < -0.4 is 11.1 Å². The number of hydrogen-bond donors (Lipinski definition) is 3. The van der Waals surface area contributed by atoms with E-state index < -0.39 is 0 Å². The van der Waals surface area contributed by atoms with Crippen LogP contribution >= 0.6 is 0 Å². The number of aromatic amines is 1. The molecule has 1 unspecified atom stereocenters.